The summed E-state index contributed by atoms with van der Waals surface area (Å²) in [5.41, 5.74) is 1.81. The highest BCUT2D eigenvalue weighted by Gasteiger charge is 2.39. The number of benzene rings is 2. The summed E-state index contributed by atoms with van der Waals surface area (Å²) in [6.45, 7) is 4.75. The molecule has 0 radical (unpaired) electrons. The first kappa shape index (κ1) is 22.9. The normalized spacial score (nSPS) is 22.7. The Bertz CT molecular complexity index is 1060. The van der Waals surface area contributed by atoms with Crippen molar-refractivity contribution in [1.82, 2.24) is 0 Å². The van der Waals surface area contributed by atoms with Crippen molar-refractivity contribution in [2.45, 2.75) is 48.9 Å². The first-order valence-electron chi connectivity index (χ1n) is 9.28. The van der Waals surface area contributed by atoms with Crippen LogP contribution in [0.3, 0.4) is 0 Å². The Morgan fingerprint density at radius 1 is 0.833 bits per heavy atom. The van der Waals surface area contributed by atoms with Crippen molar-refractivity contribution < 1.29 is 34.7 Å². The Balaban J connectivity index is 1.74. The number of rotatable bonds is 7. The summed E-state index contributed by atoms with van der Waals surface area (Å²) in [6, 6.07) is 12.4. The molecule has 1 aliphatic rings. The van der Waals surface area contributed by atoms with E-state index < -0.39 is 45.2 Å². The summed E-state index contributed by atoms with van der Waals surface area (Å²) in [6.07, 6.45) is -2.71. The predicted octanol–water partition coefficient (Wildman–Crippen LogP) is 2.54. The third-order valence-electron chi connectivity index (χ3n) is 4.69. The molecule has 1 aliphatic heterocycles. The molecule has 8 nitrogen and oxygen atoms in total. The lowest BCUT2D eigenvalue weighted by Crippen LogP contribution is -2.49. The lowest BCUT2D eigenvalue weighted by Gasteiger charge is -2.35. The molecule has 164 valence electrons. The van der Waals surface area contributed by atoms with Crippen molar-refractivity contribution in [1.29, 1.82) is 0 Å². The van der Waals surface area contributed by atoms with Crippen LogP contribution in [0.5, 0.6) is 0 Å². The van der Waals surface area contributed by atoms with E-state index in [1.165, 1.54) is 24.3 Å². The van der Waals surface area contributed by atoms with Crippen molar-refractivity contribution in [3.05, 3.63) is 59.7 Å². The molecule has 2 aromatic carbocycles. The SMILES string of the molecule is Cc1ccc(S(=O)(=O)OC[C@H]2OCO[C@@H](C)[C@H]2OS(=O)(=O)c2ccc(C)cc2)cc1. The quantitative estimate of drug-likeness (QED) is 0.586. The summed E-state index contributed by atoms with van der Waals surface area (Å²) < 4.78 is 71.5. The Labute approximate surface area is 177 Å². The Hall–Kier alpha value is -1.82. The molecule has 0 bridgehead atoms. The highest BCUT2D eigenvalue weighted by molar-refractivity contribution is 7.87. The van der Waals surface area contributed by atoms with Crippen LogP contribution >= 0.6 is 0 Å². The minimum atomic E-state index is -4.12. The molecule has 0 unspecified atom stereocenters. The zero-order valence-electron chi connectivity index (χ0n) is 16.8. The Morgan fingerprint density at radius 2 is 1.33 bits per heavy atom. The average Bonchev–Trinajstić information content (AvgIpc) is 2.69. The summed E-state index contributed by atoms with van der Waals surface area (Å²) in [4.78, 5) is -0.0178. The zero-order chi connectivity index (χ0) is 21.9. The molecule has 3 atom stereocenters. The lowest BCUT2D eigenvalue weighted by atomic mass is 10.1. The molecule has 1 heterocycles. The van der Waals surface area contributed by atoms with E-state index in [4.69, 9.17) is 17.8 Å². The van der Waals surface area contributed by atoms with Gasteiger partial charge in [-0.1, -0.05) is 35.4 Å². The van der Waals surface area contributed by atoms with E-state index in [0.717, 1.165) is 11.1 Å². The largest absolute Gasteiger partial charge is 0.350 e. The standard InChI is InChI=1S/C20H24O8S2/c1-14-4-8-17(9-5-14)29(21,22)27-12-19-20(16(3)25-13-26-19)28-30(23,24)18-10-6-15(2)7-11-18/h4-11,16,19-20H,12-13H2,1-3H3/t16-,19+,20+/m0/s1. The molecule has 1 saturated heterocycles. The van der Waals surface area contributed by atoms with Crippen molar-refractivity contribution in [2.75, 3.05) is 13.4 Å². The van der Waals surface area contributed by atoms with Gasteiger partial charge in [-0.3, -0.25) is 8.37 Å². The highest BCUT2D eigenvalue weighted by atomic mass is 32.2. The number of ether oxygens (including phenoxy) is 2. The Morgan fingerprint density at radius 3 is 1.87 bits per heavy atom. The van der Waals surface area contributed by atoms with E-state index in [-0.39, 0.29) is 16.6 Å². The van der Waals surface area contributed by atoms with E-state index in [2.05, 4.69) is 0 Å². The number of aryl methyl sites for hydroxylation is 2. The van der Waals surface area contributed by atoms with E-state index in [9.17, 15) is 16.8 Å². The molecule has 3 rings (SSSR count). The summed E-state index contributed by atoms with van der Waals surface area (Å²) in [5, 5.41) is 0. The number of hydrogen-bond donors (Lipinski definition) is 0. The molecule has 10 heteroatoms. The first-order valence-corrected chi connectivity index (χ1v) is 12.1. The lowest BCUT2D eigenvalue weighted by molar-refractivity contribution is -0.222. The van der Waals surface area contributed by atoms with Gasteiger partial charge in [0.25, 0.3) is 20.2 Å². The van der Waals surface area contributed by atoms with Crippen LogP contribution in [0.25, 0.3) is 0 Å². The third kappa shape index (κ3) is 5.45. The van der Waals surface area contributed by atoms with Gasteiger partial charge in [0.05, 0.1) is 22.5 Å². The van der Waals surface area contributed by atoms with Gasteiger partial charge in [-0.25, -0.2) is 0 Å². The van der Waals surface area contributed by atoms with Crippen LogP contribution in [-0.4, -0.2) is 48.5 Å². The van der Waals surface area contributed by atoms with Gasteiger partial charge in [0.1, 0.15) is 19.0 Å². The van der Waals surface area contributed by atoms with Gasteiger partial charge in [0, 0.05) is 0 Å². The van der Waals surface area contributed by atoms with Crippen molar-refractivity contribution in [3.8, 4) is 0 Å². The Kier molecular flexibility index (Phi) is 6.95. The van der Waals surface area contributed by atoms with E-state index in [1.54, 1.807) is 31.2 Å². The van der Waals surface area contributed by atoms with Crippen LogP contribution in [0.1, 0.15) is 18.1 Å². The van der Waals surface area contributed by atoms with Gasteiger partial charge in [-0.2, -0.15) is 16.8 Å². The van der Waals surface area contributed by atoms with Gasteiger partial charge >= 0.3 is 0 Å². The second-order valence-corrected chi connectivity index (χ2v) is 10.3. The van der Waals surface area contributed by atoms with E-state index in [1.807, 2.05) is 13.8 Å². The second kappa shape index (κ2) is 9.13. The topological polar surface area (TPSA) is 105 Å². The fraction of sp³-hybridized carbons (Fsp3) is 0.400. The summed E-state index contributed by atoms with van der Waals surface area (Å²) >= 11 is 0. The van der Waals surface area contributed by atoms with E-state index in [0.29, 0.717) is 0 Å². The molecule has 0 saturated carbocycles. The first-order chi connectivity index (χ1) is 14.1. The molecular formula is C20H24O8S2. The maximum Gasteiger partial charge on any atom is 0.297 e. The summed E-state index contributed by atoms with van der Waals surface area (Å²) in [7, 11) is -8.16. The molecule has 1 fully saturated rings. The third-order valence-corrected chi connectivity index (χ3v) is 7.31. The minimum Gasteiger partial charge on any atom is -0.350 e. The molecule has 0 aromatic heterocycles. The predicted molar refractivity (Wildman–Crippen MR) is 108 cm³/mol. The average molecular weight is 457 g/mol. The maximum absolute atomic E-state index is 12.7. The maximum atomic E-state index is 12.7. The van der Waals surface area contributed by atoms with E-state index >= 15 is 0 Å². The van der Waals surface area contributed by atoms with Gasteiger partial charge in [-0.15, -0.1) is 0 Å². The van der Waals surface area contributed by atoms with Crippen LogP contribution in [0, 0.1) is 13.8 Å². The van der Waals surface area contributed by atoms with Crippen LogP contribution in [0.15, 0.2) is 58.3 Å². The molecule has 0 amide bonds. The van der Waals surface area contributed by atoms with Gasteiger partial charge < -0.3 is 9.47 Å². The fourth-order valence-electron chi connectivity index (χ4n) is 2.85. The van der Waals surface area contributed by atoms with Crippen molar-refractivity contribution >= 4 is 20.2 Å². The highest BCUT2D eigenvalue weighted by Crippen LogP contribution is 2.25. The van der Waals surface area contributed by atoms with Crippen LogP contribution in [0.2, 0.25) is 0 Å². The van der Waals surface area contributed by atoms with Crippen LogP contribution < -0.4 is 0 Å². The summed E-state index contributed by atoms with van der Waals surface area (Å²) in [5.74, 6) is 0. The van der Waals surface area contributed by atoms with Gasteiger partial charge in [0.2, 0.25) is 0 Å². The molecule has 0 N–H and O–H groups in total. The monoisotopic (exact) mass is 456 g/mol. The van der Waals surface area contributed by atoms with Crippen molar-refractivity contribution in [2.24, 2.45) is 0 Å². The van der Waals surface area contributed by atoms with Crippen molar-refractivity contribution in [3.63, 3.8) is 0 Å². The molecule has 0 spiro atoms. The minimum absolute atomic E-state index is 0.00190. The van der Waals surface area contributed by atoms with Crippen LogP contribution in [-0.2, 0) is 38.1 Å². The van der Waals surface area contributed by atoms with Gasteiger partial charge in [0.15, 0.2) is 0 Å². The molecule has 0 aliphatic carbocycles. The smallest absolute Gasteiger partial charge is 0.297 e. The molecule has 30 heavy (non-hydrogen) atoms. The zero-order valence-corrected chi connectivity index (χ0v) is 18.5. The molecule has 2 aromatic rings. The molecular weight excluding hydrogens is 432 g/mol. The second-order valence-electron chi connectivity index (χ2n) is 7.07. The number of hydrogen-bond acceptors (Lipinski definition) is 8. The fourth-order valence-corrected chi connectivity index (χ4v) is 4.92. The van der Waals surface area contributed by atoms with Gasteiger partial charge in [-0.05, 0) is 45.0 Å². The van der Waals surface area contributed by atoms with Crippen LogP contribution in [0.4, 0.5) is 0 Å².